The molecule has 0 unspecified atom stereocenters. The predicted molar refractivity (Wildman–Crippen MR) is 97.6 cm³/mol. The molecular weight excluding hydrogens is 372 g/mol. The Balaban J connectivity index is 2.16. The van der Waals surface area contributed by atoms with Gasteiger partial charge in [0.05, 0.1) is 13.3 Å². The Morgan fingerprint density at radius 3 is 2.75 bits per heavy atom. The molecule has 0 aromatic heterocycles. The van der Waals surface area contributed by atoms with Crippen LogP contribution in [0.1, 0.15) is 23.6 Å². The molecule has 5 nitrogen and oxygen atoms in total. The van der Waals surface area contributed by atoms with E-state index in [2.05, 4.69) is 32.5 Å². The van der Waals surface area contributed by atoms with E-state index in [9.17, 15) is 4.79 Å². The molecule has 6 heteroatoms. The number of carbonyl (C=O) groups excluding carboxylic acids is 1. The molecule has 2 aromatic rings. The number of benzene rings is 2. The normalized spacial score (nSPS) is 10.7. The number of methoxy groups -OCH3 is 1. The van der Waals surface area contributed by atoms with Crippen LogP contribution in [0.4, 0.5) is 0 Å². The van der Waals surface area contributed by atoms with Crippen molar-refractivity contribution >= 4 is 28.1 Å². The summed E-state index contributed by atoms with van der Waals surface area (Å²) in [5.41, 5.74) is 5.41. The third-order valence-corrected chi connectivity index (χ3v) is 3.87. The fourth-order valence-electron chi connectivity index (χ4n) is 2.08. The van der Waals surface area contributed by atoms with Crippen molar-refractivity contribution in [3.63, 3.8) is 0 Å². The number of nitrogens with zero attached hydrogens (tertiary/aromatic N) is 1. The fourth-order valence-corrected chi connectivity index (χ4v) is 2.50. The van der Waals surface area contributed by atoms with E-state index in [1.54, 1.807) is 19.4 Å². The molecular formula is C18H19BrN2O3. The van der Waals surface area contributed by atoms with Gasteiger partial charge in [0.15, 0.2) is 11.5 Å². The summed E-state index contributed by atoms with van der Waals surface area (Å²) in [5.74, 6) is 0.991. The lowest BCUT2D eigenvalue weighted by Crippen LogP contribution is -2.12. The van der Waals surface area contributed by atoms with Gasteiger partial charge in [-0.3, -0.25) is 4.79 Å². The van der Waals surface area contributed by atoms with E-state index in [1.165, 1.54) is 12.5 Å². The number of ether oxygens (including phenoxy) is 2. The molecule has 0 aliphatic carbocycles. The van der Waals surface area contributed by atoms with Crippen molar-refractivity contribution < 1.29 is 14.3 Å². The van der Waals surface area contributed by atoms with Crippen molar-refractivity contribution in [2.45, 2.75) is 20.5 Å². The van der Waals surface area contributed by atoms with Gasteiger partial charge in [0.1, 0.15) is 6.61 Å². The third-order valence-electron chi connectivity index (χ3n) is 3.19. The summed E-state index contributed by atoms with van der Waals surface area (Å²) in [6, 6.07) is 11.8. The number of rotatable bonds is 6. The lowest BCUT2D eigenvalue weighted by atomic mass is 10.1. The standard InChI is InChI=1S/C18H19BrN2O3/c1-12-5-4-6-14(7-12)11-24-18-9-16(19)15(8-17(18)23-3)10-20-21-13(2)22/h4-10H,11H2,1-3H3,(H,21,22)/b20-10-. The summed E-state index contributed by atoms with van der Waals surface area (Å²) < 4.78 is 12.1. The Hall–Kier alpha value is -2.34. The molecule has 0 spiro atoms. The van der Waals surface area contributed by atoms with Crippen molar-refractivity contribution in [1.82, 2.24) is 5.43 Å². The summed E-state index contributed by atoms with van der Waals surface area (Å²) in [6.45, 7) is 3.89. The summed E-state index contributed by atoms with van der Waals surface area (Å²) in [6.07, 6.45) is 1.54. The molecule has 0 atom stereocenters. The molecule has 1 N–H and O–H groups in total. The maximum Gasteiger partial charge on any atom is 0.236 e. The summed E-state index contributed by atoms with van der Waals surface area (Å²) in [4.78, 5) is 10.9. The molecule has 126 valence electrons. The summed E-state index contributed by atoms with van der Waals surface area (Å²) in [7, 11) is 1.58. The van der Waals surface area contributed by atoms with E-state index >= 15 is 0 Å². The lowest BCUT2D eigenvalue weighted by molar-refractivity contribution is -0.118. The number of nitrogens with one attached hydrogen (secondary N) is 1. The van der Waals surface area contributed by atoms with E-state index in [0.717, 1.165) is 15.6 Å². The van der Waals surface area contributed by atoms with Crippen LogP contribution < -0.4 is 14.9 Å². The van der Waals surface area contributed by atoms with Crippen LogP contribution in [0.15, 0.2) is 46.0 Å². The van der Waals surface area contributed by atoms with Gasteiger partial charge in [0.25, 0.3) is 0 Å². The zero-order valence-corrected chi connectivity index (χ0v) is 15.4. The highest BCUT2D eigenvalue weighted by molar-refractivity contribution is 9.10. The van der Waals surface area contributed by atoms with E-state index < -0.39 is 0 Å². The Labute approximate surface area is 149 Å². The number of amides is 1. The van der Waals surface area contributed by atoms with Gasteiger partial charge >= 0.3 is 0 Å². The van der Waals surface area contributed by atoms with Gasteiger partial charge in [-0.15, -0.1) is 0 Å². The van der Waals surface area contributed by atoms with Gasteiger partial charge in [0.2, 0.25) is 5.91 Å². The molecule has 0 heterocycles. The van der Waals surface area contributed by atoms with E-state index in [0.29, 0.717) is 18.1 Å². The first-order chi connectivity index (χ1) is 11.5. The van der Waals surface area contributed by atoms with Crippen LogP contribution in [0.5, 0.6) is 11.5 Å². The quantitative estimate of drug-likeness (QED) is 0.602. The Bertz CT molecular complexity index is 760. The minimum Gasteiger partial charge on any atom is -0.493 e. The van der Waals surface area contributed by atoms with Crippen LogP contribution in [0.25, 0.3) is 0 Å². The zero-order valence-electron chi connectivity index (χ0n) is 13.8. The number of hydrazone groups is 1. The van der Waals surface area contributed by atoms with Crippen molar-refractivity contribution in [3.8, 4) is 11.5 Å². The third kappa shape index (κ3) is 5.09. The topological polar surface area (TPSA) is 59.9 Å². The van der Waals surface area contributed by atoms with Crippen LogP contribution in [-0.4, -0.2) is 19.2 Å². The number of aryl methyl sites for hydroxylation is 1. The Kier molecular flexibility index (Phi) is 6.37. The molecule has 0 saturated heterocycles. The highest BCUT2D eigenvalue weighted by atomic mass is 79.9. The van der Waals surface area contributed by atoms with Crippen LogP contribution in [0.3, 0.4) is 0 Å². The second-order valence-electron chi connectivity index (χ2n) is 5.23. The summed E-state index contributed by atoms with van der Waals surface area (Å²) >= 11 is 3.48. The molecule has 0 radical (unpaired) electrons. The molecule has 0 aliphatic heterocycles. The van der Waals surface area contributed by atoms with Crippen molar-refractivity contribution in [1.29, 1.82) is 0 Å². The monoisotopic (exact) mass is 390 g/mol. The van der Waals surface area contributed by atoms with Gasteiger partial charge in [-0.25, -0.2) is 5.43 Å². The molecule has 0 aliphatic rings. The van der Waals surface area contributed by atoms with Gasteiger partial charge in [-0.2, -0.15) is 5.10 Å². The number of hydrogen-bond donors (Lipinski definition) is 1. The minimum absolute atomic E-state index is 0.229. The van der Waals surface area contributed by atoms with E-state index in [-0.39, 0.29) is 5.91 Å². The van der Waals surface area contributed by atoms with Crippen LogP contribution >= 0.6 is 15.9 Å². The second-order valence-corrected chi connectivity index (χ2v) is 6.08. The molecule has 0 bridgehead atoms. The van der Waals surface area contributed by atoms with Gasteiger partial charge in [0, 0.05) is 17.0 Å². The van der Waals surface area contributed by atoms with E-state index in [1.807, 2.05) is 31.2 Å². The molecule has 24 heavy (non-hydrogen) atoms. The van der Waals surface area contributed by atoms with Crippen molar-refractivity contribution in [2.75, 3.05) is 7.11 Å². The Morgan fingerprint density at radius 1 is 1.29 bits per heavy atom. The van der Waals surface area contributed by atoms with Gasteiger partial charge in [-0.1, -0.05) is 29.8 Å². The largest absolute Gasteiger partial charge is 0.493 e. The van der Waals surface area contributed by atoms with Crippen molar-refractivity contribution in [2.24, 2.45) is 5.10 Å². The van der Waals surface area contributed by atoms with Crippen LogP contribution in [0.2, 0.25) is 0 Å². The average molecular weight is 391 g/mol. The molecule has 2 aromatic carbocycles. The fraction of sp³-hybridized carbons (Fsp3) is 0.222. The maximum absolute atomic E-state index is 10.9. The predicted octanol–water partition coefficient (Wildman–Crippen LogP) is 3.82. The summed E-state index contributed by atoms with van der Waals surface area (Å²) in [5, 5.41) is 3.86. The zero-order chi connectivity index (χ0) is 17.5. The van der Waals surface area contributed by atoms with E-state index in [4.69, 9.17) is 9.47 Å². The molecule has 0 saturated carbocycles. The maximum atomic E-state index is 10.9. The number of hydrogen-bond acceptors (Lipinski definition) is 4. The highest BCUT2D eigenvalue weighted by Gasteiger charge is 2.10. The van der Waals surface area contributed by atoms with Crippen molar-refractivity contribution in [3.05, 3.63) is 57.6 Å². The average Bonchev–Trinajstić information content (AvgIpc) is 2.54. The first-order valence-corrected chi connectivity index (χ1v) is 8.14. The highest BCUT2D eigenvalue weighted by Crippen LogP contribution is 2.33. The smallest absolute Gasteiger partial charge is 0.236 e. The van der Waals surface area contributed by atoms with Crippen LogP contribution in [-0.2, 0) is 11.4 Å². The Morgan fingerprint density at radius 2 is 2.08 bits per heavy atom. The first-order valence-electron chi connectivity index (χ1n) is 7.35. The molecule has 0 fully saturated rings. The van der Waals surface area contributed by atoms with Gasteiger partial charge < -0.3 is 9.47 Å². The molecule has 1 amide bonds. The first kappa shape index (κ1) is 18.0. The van der Waals surface area contributed by atoms with Gasteiger partial charge in [-0.05, 0) is 40.5 Å². The minimum atomic E-state index is -0.229. The van der Waals surface area contributed by atoms with Crippen LogP contribution in [0, 0.1) is 6.92 Å². The molecule has 2 rings (SSSR count). The lowest BCUT2D eigenvalue weighted by Gasteiger charge is -2.13. The number of halogens is 1. The number of carbonyl (C=O) groups is 1. The SMILES string of the molecule is COc1cc(/C=N\NC(C)=O)c(Br)cc1OCc1cccc(C)c1. The second kappa shape index (κ2) is 8.49.